The molecule has 150 valence electrons. The fourth-order valence-corrected chi connectivity index (χ4v) is 3.82. The predicted molar refractivity (Wildman–Crippen MR) is 101 cm³/mol. The SMILES string of the molecule is CCn1c(OC)nnc1[C@@H](C)NS(=O)(=O)CCCOc1ccc(OC)cc1. The Kier molecular flexibility index (Phi) is 7.43. The summed E-state index contributed by atoms with van der Waals surface area (Å²) >= 11 is 0. The number of ether oxygens (including phenoxy) is 3. The molecule has 10 heteroatoms. The molecule has 0 spiro atoms. The van der Waals surface area contributed by atoms with Gasteiger partial charge in [0.1, 0.15) is 11.5 Å². The Morgan fingerprint density at radius 1 is 1.11 bits per heavy atom. The second-order valence-electron chi connectivity index (χ2n) is 5.83. The standard InChI is InChI=1S/C17H26N4O5S/c1-5-21-16(18-19-17(21)25-4)13(2)20-27(22,23)12-6-11-26-15-9-7-14(24-3)8-10-15/h7-10,13,20H,5-6,11-12H2,1-4H3/t13-/m1/s1. The second kappa shape index (κ2) is 9.56. The van der Waals surface area contributed by atoms with E-state index in [0.29, 0.717) is 37.2 Å². The molecule has 0 radical (unpaired) electrons. The summed E-state index contributed by atoms with van der Waals surface area (Å²) in [6.07, 6.45) is 0.359. The van der Waals surface area contributed by atoms with Gasteiger partial charge in [-0.2, -0.15) is 0 Å². The van der Waals surface area contributed by atoms with Crippen LogP contribution in [-0.4, -0.2) is 49.8 Å². The summed E-state index contributed by atoms with van der Waals surface area (Å²) in [7, 11) is -0.400. The average molecular weight is 398 g/mol. The van der Waals surface area contributed by atoms with Gasteiger partial charge in [-0.25, -0.2) is 13.1 Å². The minimum atomic E-state index is -3.49. The molecule has 0 fully saturated rings. The summed E-state index contributed by atoms with van der Waals surface area (Å²) in [6.45, 7) is 4.50. The molecule has 27 heavy (non-hydrogen) atoms. The molecule has 0 aliphatic heterocycles. The molecule has 2 aromatic rings. The summed E-state index contributed by atoms with van der Waals surface area (Å²) in [5.74, 6) is 1.86. The number of nitrogens with one attached hydrogen (secondary N) is 1. The Hall–Kier alpha value is -2.33. The lowest BCUT2D eigenvalue weighted by atomic mass is 10.3. The van der Waals surface area contributed by atoms with Gasteiger partial charge in [0.2, 0.25) is 10.0 Å². The lowest BCUT2D eigenvalue weighted by molar-refractivity contribution is 0.316. The number of hydrogen-bond acceptors (Lipinski definition) is 7. The van der Waals surface area contributed by atoms with Crippen LogP contribution in [0.1, 0.15) is 32.1 Å². The molecule has 0 aliphatic carbocycles. The Morgan fingerprint density at radius 3 is 2.37 bits per heavy atom. The van der Waals surface area contributed by atoms with Gasteiger partial charge in [-0.05, 0) is 44.5 Å². The molecular formula is C17H26N4O5S. The molecule has 0 saturated heterocycles. The minimum absolute atomic E-state index is 0.0507. The van der Waals surface area contributed by atoms with Gasteiger partial charge in [-0.3, -0.25) is 4.57 Å². The molecule has 1 heterocycles. The first-order valence-electron chi connectivity index (χ1n) is 8.64. The van der Waals surface area contributed by atoms with E-state index in [1.807, 2.05) is 6.92 Å². The van der Waals surface area contributed by atoms with Gasteiger partial charge in [-0.15, -0.1) is 5.10 Å². The van der Waals surface area contributed by atoms with Crippen molar-refractivity contribution in [1.29, 1.82) is 0 Å². The Balaban J connectivity index is 1.84. The van der Waals surface area contributed by atoms with Crippen molar-refractivity contribution in [2.75, 3.05) is 26.6 Å². The maximum absolute atomic E-state index is 12.3. The highest BCUT2D eigenvalue weighted by atomic mass is 32.2. The first kappa shape index (κ1) is 21.0. The van der Waals surface area contributed by atoms with E-state index in [1.54, 1.807) is 42.9 Å². The topological polar surface area (TPSA) is 105 Å². The largest absolute Gasteiger partial charge is 0.497 e. The lowest BCUT2D eigenvalue weighted by Gasteiger charge is -2.15. The van der Waals surface area contributed by atoms with E-state index in [2.05, 4.69) is 14.9 Å². The Labute approximate surface area is 159 Å². The van der Waals surface area contributed by atoms with Crippen LogP contribution < -0.4 is 18.9 Å². The van der Waals surface area contributed by atoms with Crippen LogP contribution in [0.5, 0.6) is 17.5 Å². The van der Waals surface area contributed by atoms with Crippen molar-refractivity contribution in [2.24, 2.45) is 0 Å². The summed E-state index contributed by atoms with van der Waals surface area (Å²) in [5, 5.41) is 7.92. The van der Waals surface area contributed by atoms with Crippen LogP contribution in [0.4, 0.5) is 0 Å². The number of methoxy groups -OCH3 is 2. The number of sulfonamides is 1. The molecular weight excluding hydrogens is 372 g/mol. The van der Waals surface area contributed by atoms with Crippen molar-refractivity contribution in [3.05, 3.63) is 30.1 Å². The van der Waals surface area contributed by atoms with Gasteiger partial charge in [0.15, 0.2) is 5.82 Å². The number of benzene rings is 1. The van der Waals surface area contributed by atoms with Crippen molar-refractivity contribution in [2.45, 2.75) is 32.9 Å². The lowest BCUT2D eigenvalue weighted by Crippen LogP contribution is -2.31. The first-order valence-corrected chi connectivity index (χ1v) is 10.3. The molecule has 2 rings (SSSR count). The molecule has 1 aromatic carbocycles. The van der Waals surface area contributed by atoms with E-state index in [-0.39, 0.29) is 5.75 Å². The molecule has 0 amide bonds. The number of rotatable bonds is 11. The summed E-state index contributed by atoms with van der Waals surface area (Å²) in [4.78, 5) is 0. The molecule has 1 N–H and O–H groups in total. The highest BCUT2D eigenvalue weighted by Crippen LogP contribution is 2.18. The van der Waals surface area contributed by atoms with Crippen LogP contribution in [0.25, 0.3) is 0 Å². The van der Waals surface area contributed by atoms with E-state index in [9.17, 15) is 8.42 Å². The molecule has 0 unspecified atom stereocenters. The molecule has 0 bridgehead atoms. The van der Waals surface area contributed by atoms with Crippen molar-refractivity contribution in [3.8, 4) is 17.5 Å². The normalized spacial score (nSPS) is 12.6. The highest BCUT2D eigenvalue weighted by Gasteiger charge is 2.22. The van der Waals surface area contributed by atoms with E-state index in [1.165, 1.54) is 7.11 Å². The quantitative estimate of drug-likeness (QED) is 0.575. The molecule has 0 aliphatic rings. The van der Waals surface area contributed by atoms with Gasteiger partial charge in [-0.1, -0.05) is 5.10 Å². The van der Waals surface area contributed by atoms with Gasteiger partial charge in [0.25, 0.3) is 0 Å². The summed E-state index contributed by atoms with van der Waals surface area (Å²) < 4.78 is 44.7. The summed E-state index contributed by atoms with van der Waals surface area (Å²) in [6, 6.07) is 6.96. The fourth-order valence-electron chi connectivity index (χ4n) is 2.56. The number of nitrogens with zero attached hydrogens (tertiary/aromatic N) is 3. The average Bonchev–Trinajstić information content (AvgIpc) is 3.08. The van der Waals surface area contributed by atoms with Crippen molar-refractivity contribution >= 4 is 10.0 Å². The van der Waals surface area contributed by atoms with Crippen LogP contribution in [0, 0.1) is 0 Å². The van der Waals surface area contributed by atoms with E-state index in [4.69, 9.17) is 14.2 Å². The van der Waals surface area contributed by atoms with Gasteiger partial charge in [0.05, 0.1) is 32.6 Å². The third kappa shape index (κ3) is 5.83. The van der Waals surface area contributed by atoms with Crippen LogP contribution in [0.15, 0.2) is 24.3 Å². The zero-order valence-corrected chi connectivity index (χ0v) is 16.8. The van der Waals surface area contributed by atoms with Crippen molar-refractivity contribution < 1.29 is 22.6 Å². The molecule has 1 atom stereocenters. The Bertz CT molecular complexity index is 820. The van der Waals surface area contributed by atoms with E-state index in [0.717, 1.165) is 5.75 Å². The smallest absolute Gasteiger partial charge is 0.316 e. The number of hydrogen-bond donors (Lipinski definition) is 1. The zero-order valence-electron chi connectivity index (χ0n) is 16.0. The monoisotopic (exact) mass is 398 g/mol. The van der Waals surface area contributed by atoms with Gasteiger partial charge >= 0.3 is 6.01 Å². The highest BCUT2D eigenvalue weighted by molar-refractivity contribution is 7.89. The van der Waals surface area contributed by atoms with Crippen molar-refractivity contribution in [1.82, 2.24) is 19.5 Å². The minimum Gasteiger partial charge on any atom is -0.497 e. The maximum Gasteiger partial charge on any atom is 0.316 e. The van der Waals surface area contributed by atoms with Crippen molar-refractivity contribution in [3.63, 3.8) is 0 Å². The molecule has 9 nitrogen and oxygen atoms in total. The predicted octanol–water partition coefficient (Wildman–Crippen LogP) is 1.76. The second-order valence-corrected chi connectivity index (χ2v) is 7.70. The molecule has 1 aromatic heterocycles. The summed E-state index contributed by atoms with van der Waals surface area (Å²) in [5.41, 5.74) is 0. The third-order valence-electron chi connectivity index (χ3n) is 3.87. The van der Waals surface area contributed by atoms with Crippen LogP contribution in [-0.2, 0) is 16.6 Å². The van der Waals surface area contributed by atoms with E-state index >= 15 is 0 Å². The van der Waals surface area contributed by atoms with Gasteiger partial charge in [0, 0.05) is 6.54 Å². The first-order chi connectivity index (χ1) is 12.9. The van der Waals surface area contributed by atoms with Crippen LogP contribution >= 0.6 is 0 Å². The van der Waals surface area contributed by atoms with Crippen LogP contribution in [0.2, 0.25) is 0 Å². The third-order valence-corrected chi connectivity index (χ3v) is 5.41. The zero-order chi connectivity index (χ0) is 19.9. The van der Waals surface area contributed by atoms with Crippen LogP contribution in [0.3, 0.4) is 0 Å². The Morgan fingerprint density at radius 2 is 1.78 bits per heavy atom. The number of aromatic nitrogens is 3. The molecule has 0 saturated carbocycles. The van der Waals surface area contributed by atoms with E-state index < -0.39 is 16.1 Å². The maximum atomic E-state index is 12.3. The fraction of sp³-hybridized carbons (Fsp3) is 0.529. The van der Waals surface area contributed by atoms with Gasteiger partial charge < -0.3 is 14.2 Å².